The minimum Gasteiger partial charge on any atom is -0.355 e. The van der Waals surface area contributed by atoms with Crippen LogP contribution in [0.1, 0.15) is 25.0 Å². The molecule has 1 aliphatic rings. The summed E-state index contributed by atoms with van der Waals surface area (Å²) in [6.45, 7) is 4.70. The van der Waals surface area contributed by atoms with Crippen LogP contribution in [0.15, 0.2) is 158 Å². The molecule has 1 aliphatic carbocycles. The standard InChI is InChI=1S/C45H33N3/c1-45(2)39-17-9-6-14-33(39)34-24-22-32(28-40(34)45)48-41-18-10-7-15-35(41)37-23-20-30(27-44(37)48)46-29-21-25-43-38(26-29)36-16-8-11-19-42(36)47(43)31-12-4-3-5-13-31/h3-28,46H,1-2H3. The molecule has 0 bridgehead atoms. The van der Waals surface area contributed by atoms with E-state index in [2.05, 4.69) is 186 Å². The predicted molar refractivity (Wildman–Crippen MR) is 202 cm³/mol. The zero-order chi connectivity index (χ0) is 32.0. The number of para-hydroxylation sites is 3. The Hall–Kier alpha value is -6.06. The molecule has 2 heterocycles. The van der Waals surface area contributed by atoms with Gasteiger partial charge in [-0.1, -0.05) is 105 Å². The molecule has 10 rings (SSSR count). The van der Waals surface area contributed by atoms with E-state index in [1.165, 1.54) is 77.2 Å². The van der Waals surface area contributed by atoms with Gasteiger partial charge in [-0.05, 0) is 89.0 Å². The molecule has 0 unspecified atom stereocenters. The average molecular weight is 616 g/mol. The average Bonchev–Trinajstić information content (AvgIpc) is 3.71. The fourth-order valence-corrected chi connectivity index (χ4v) is 8.23. The highest BCUT2D eigenvalue weighted by Gasteiger charge is 2.35. The van der Waals surface area contributed by atoms with Crippen LogP contribution >= 0.6 is 0 Å². The summed E-state index contributed by atoms with van der Waals surface area (Å²) in [7, 11) is 0. The quantitative estimate of drug-likeness (QED) is 0.209. The van der Waals surface area contributed by atoms with Gasteiger partial charge in [-0.15, -0.1) is 0 Å². The summed E-state index contributed by atoms with van der Waals surface area (Å²) in [5, 5.41) is 8.76. The van der Waals surface area contributed by atoms with Crippen molar-refractivity contribution in [1.29, 1.82) is 0 Å². The van der Waals surface area contributed by atoms with Crippen LogP contribution in [0.2, 0.25) is 0 Å². The molecule has 2 aromatic heterocycles. The van der Waals surface area contributed by atoms with E-state index in [1.807, 2.05) is 0 Å². The normalized spacial score (nSPS) is 13.4. The number of fused-ring (bicyclic) bond motifs is 9. The monoisotopic (exact) mass is 615 g/mol. The van der Waals surface area contributed by atoms with Crippen molar-refractivity contribution in [3.05, 3.63) is 169 Å². The van der Waals surface area contributed by atoms with Crippen LogP contribution in [0.3, 0.4) is 0 Å². The van der Waals surface area contributed by atoms with Gasteiger partial charge in [-0.3, -0.25) is 0 Å². The number of nitrogens with zero attached hydrogens (tertiary/aromatic N) is 2. The Bertz CT molecular complexity index is 2720. The van der Waals surface area contributed by atoms with Gasteiger partial charge >= 0.3 is 0 Å². The Labute approximate surface area is 279 Å². The Kier molecular flexibility index (Phi) is 5.63. The molecule has 0 aliphatic heterocycles. The van der Waals surface area contributed by atoms with Crippen LogP contribution in [0.5, 0.6) is 0 Å². The Morgan fingerprint density at radius 1 is 0.396 bits per heavy atom. The van der Waals surface area contributed by atoms with Crippen LogP contribution in [0.4, 0.5) is 11.4 Å². The minimum atomic E-state index is -0.0598. The number of anilines is 2. The van der Waals surface area contributed by atoms with Gasteiger partial charge in [0.25, 0.3) is 0 Å². The van der Waals surface area contributed by atoms with Crippen LogP contribution in [0.25, 0.3) is 66.1 Å². The smallest absolute Gasteiger partial charge is 0.0561 e. The van der Waals surface area contributed by atoms with Crippen LogP contribution < -0.4 is 5.32 Å². The molecule has 0 radical (unpaired) electrons. The molecule has 9 aromatic rings. The number of benzene rings is 7. The number of hydrogen-bond acceptors (Lipinski definition) is 1. The van der Waals surface area contributed by atoms with Crippen molar-refractivity contribution in [2.24, 2.45) is 0 Å². The minimum absolute atomic E-state index is 0.0598. The zero-order valence-corrected chi connectivity index (χ0v) is 26.9. The second kappa shape index (κ2) is 9.97. The lowest BCUT2D eigenvalue weighted by Gasteiger charge is -2.22. The third-order valence-corrected chi connectivity index (χ3v) is 10.5. The molecule has 0 saturated carbocycles. The first-order chi connectivity index (χ1) is 23.6. The molecule has 0 spiro atoms. The maximum Gasteiger partial charge on any atom is 0.0561 e. The van der Waals surface area contributed by atoms with Crippen molar-refractivity contribution in [2.75, 3.05) is 5.32 Å². The molecule has 7 aromatic carbocycles. The second-order valence-corrected chi connectivity index (χ2v) is 13.5. The van der Waals surface area contributed by atoms with Gasteiger partial charge in [0, 0.05) is 49.7 Å². The van der Waals surface area contributed by atoms with E-state index >= 15 is 0 Å². The first-order valence-electron chi connectivity index (χ1n) is 16.7. The van der Waals surface area contributed by atoms with E-state index in [-0.39, 0.29) is 5.41 Å². The molecule has 228 valence electrons. The largest absolute Gasteiger partial charge is 0.355 e. The lowest BCUT2D eigenvalue weighted by atomic mass is 9.82. The molecule has 0 amide bonds. The number of hydrogen-bond donors (Lipinski definition) is 1. The van der Waals surface area contributed by atoms with E-state index in [1.54, 1.807) is 0 Å². The van der Waals surface area contributed by atoms with Crippen LogP contribution in [0, 0.1) is 0 Å². The number of nitrogens with one attached hydrogen (secondary N) is 1. The second-order valence-electron chi connectivity index (χ2n) is 13.5. The van der Waals surface area contributed by atoms with E-state index < -0.39 is 0 Å². The third-order valence-electron chi connectivity index (χ3n) is 10.5. The van der Waals surface area contributed by atoms with E-state index in [9.17, 15) is 0 Å². The van der Waals surface area contributed by atoms with Gasteiger partial charge in [0.15, 0.2) is 0 Å². The van der Waals surface area contributed by atoms with E-state index in [0.29, 0.717) is 0 Å². The van der Waals surface area contributed by atoms with Gasteiger partial charge < -0.3 is 14.5 Å². The first kappa shape index (κ1) is 27.1. The van der Waals surface area contributed by atoms with E-state index in [0.717, 1.165) is 11.4 Å². The molecule has 1 N–H and O–H groups in total. The van der Waals surface area contributed by atoms with Crippen molar-refractivity contribution in [3.8, 4) is 22.5 Å². The van der Waals surface area contributed by atoms with Gasteiger partial charge in [0.05, 0.1) is 22.1 Å². The molecule has 48 heavy (non-hydrogen) atoms. The highest BCUT2D eigenvalue weighted by atomic mass is 15.0. The van der Waals surface area contributed by atoms with Gasteiger partial charge in [0.2, 0.25) is 0 Å². The van der Waals surface area contributed by atoms with Crippen LogP contribution in [-0.2, 0) is 5.41 Å². The molecular weight excluding hydrogens is 583 g/mol. The molecule has 0 saturated heterocycles. The summed E-state index contributed by atoms with van der Waals surface area (Å²) in [5.74, 6) is 0. The highest BCUT2D eigenvalue weighted by Crippen LogP contribution is 2.49. The van der Waals surface area contributed by atoms with E-state index in [4.69, 9.17) is 0 Å². The molecule has 0 fully saturated rings. The molecule has 3 nitrogen and oxygen atoms in total. The summed E-state index contributed by atoms with van der Waals surface area (Å²) in [6, 6.07) is 57.5. The summed E-state index contributed by atoms with van der Waals surface area (Å²) >= 11 is 0. The lowest BCUT2D eigenvalue weighted by Crippen LogP contribution is -2.15. The lowest BCUT2D eigenvalue weighted by molar-refractivity contribution is 0.660. The van der Waals surface area contributed by atoms with Gasteiger partial charge in [-0.2, -0.15) is 0 Å². The fraction of sp³-hybridized carbons (Fsp3) is 0.0667. The van der Waals surface area contributed by atoms with Crippen molar-refractivity contribution in [1.82, 2.24) is 9.13 Å². The first-order valence-corrected chi connectivity index (χ1v) is 16.7. The Morgan fingerprint density at radius 2 is 0.979 bits per heavy atom. The zero-order valence-electron chi connectivity index (χ0n) is 26.9. The summed E-state index contributed by atoms with van der Waals surface area (Å²) in [6.07, 6.45) is 0. The van der Waals surface area contributed by atoms with Crippen LogP contribution in [-0.4, -0.2) is 9.13 Å². The summed E-state index contributed by atoms with van der Waals surface area (Å²) in [5.41, 5.74) is 14.7. The molecule has 3 heteroatoms. The molecule has 0 atom stereocenters. The number of rotatable bonds is 4. The van der Waals surface area contributed by atoms with Gasteiger partial charge in [0.1, 0.15) is 0 Å². The maximum absolute atomic E-state index is 3.77. The van der Waals surface area contributed by atoms with Crippen molar-refractivity contribution >= 4 is 55.0 Å². The summed E-state index contributed by atoms with van der Waals surface area (Å²) in [4.78, 5) is 0. The highest BCUT2D eigenvalue weighted by molar-refractivity contribution is 6.11. The molecular formula is C45H33N3. The van der Waals surface area contributed by atoms with Crippen molar-refractivity contribution < 1.29 is 0 Å². The van der Waals surface area contributed by atoms with Gasteiger partial charge in [-0.25, -0.2) is 0 Å². The van der Waals surface area contributed by atoms with Crippen molar-refractivity contribution in [3.63, 3.8) is 0 Å². The maximum atomic E-state index is 3.77. The predicted octanol–water partition coefficient (Wildman–Crippen LogP) is 11.9. The Morgan fingerprint density at radius 3 is 1.79 bits per heavy atom. The fourth-order valence-electron chi connectivity index (χ4n) is 8.23. The Balaban J connectivity index is 1.11. The topological polar surface area (TPSA) is 21.9 Å². The number of aromatic nitrogens is 2. The third kappa shape index (κ3) is 3.82. The van der Waals surface area contributed by atoms with Crippen molar-refractivity contribution in [2.45, 2.75) is 19.3 Å². The SMILES string of the molecule is CC1(C)c2ccccc2-c2ccc(-n3c4ccccc4c4ccc(Nc5ccc6c(c5)c5ccccc5n6-c5ccccc5)cc43)cc21. The summed E-state index contributed by atoms with van der Waals surface area (Å²) < 4.78 is 4.79.